The molecule has 0 aliphatic carbocycles. The first-order valence-electron chi connectivity index (χ1n) is 42.9. The van der Waals surface area contributed by atoms with Gasteiger partial charge in [-0.2, -0.15) is 65.9 Å². The second-order valence-corrected chi connectivity index (χ2v) is 32.9. The van der Waals surface area contributed by atoms with Crippen LogP contribution >= 0.6 is 58.0 Å². The molecule has 0 spiro atoms. The molecule has 5 N–H and O–H groups in total. The van der Waals surface area contributed by atoms with Crippen LogP contribution in [0.1, 0.15) is 135 Å². The summed E-state index contributed by atoms with van der Waals surface area (Å²) in [7, 11) is 1.53. The lowest BCUT2D eigenvalue weighted by Crippen LogP contribution is -2.16. The molecule has 5 aromatic carbocycles. The van der Waals surface area contributed by atoms with Crippen molar-refractivity contribution in [3.05, 3.63) is 365 Å². The first kappa shape index (κ1) is 111. The lowest BCUT2D eigenvalue weighted by atomic mass is 10.1. The Bertz CT molecular complexity index is 7110. The maximum absolute atomic E-state index is 13.1. The van der Waals surface area contributed by atoms with Crippen LogP contribution in [0.15, 0.2) is 243 Å². The molecule has 5 amide bonds. The van der Waals surface area contributed by atoms with E-state index in [1.165, 1.54) is 78.3 Å². The van der Waals surface area contributed by atoms with Crippen LogP contribution in [0.25, 0.3) is 56.3 Å². The summed E-state index contributed by atoms with van der Waals surface area (Å²) < 4.78 is 220. The van der Waals surface area contributed by atoms with E-state index >= 15 is 0 Å². The average molecular weight is 2120 g/mol. The summed E-state index contributed by atoms with van der Waals surface area (Å²) in [6, 6.07) is 50.2. The van der Waals surface area contributed by atoms with E-state index in [1.54, 1.807) is 128 Å². The number of carbonyl (C=O) groups is 5. The van der Waals surface area contributed by atoms with E-state index in [0.717, 1.165) is 78.8 Å². The normalized spacial score (nSPS) is 11.3. The van der Waals surface area contributed by atoms with E-state index < -0.39 is 94.7 Å². The van der Waals surface area contributed by atoms with Crippen LogP contribution < -0.4 is 40.8 Å². The van der Waals surface area contributed by atoms with Crippen LogP contribution in [0.2, 0.25) is 25.1 Å². The Balaban J connectivity index is 0.000000174. The van der Waals surface area contributed by atoms with E-state index in [2.05, 4.69) is 76.4 Å². The van der Waals surface area contributed by atoms with Gasteiger partial charge in [0.25, 0.3) is 29.5 Å². The van der Waals surface area contributed by atoms with Gasteiger partial charge in [0, 0.05) is 62.5 Å². The van der Waals surface area contributed by atoms with Crippen LogP contribution in [0.5, 0.6) is 17.2 Å². The third-order valence-electron chi connectivity index (χ3n) is 20.6. The van der Waals surface area contributed by atoms with Crippen LogP contribution in [0, 0.1) is 40.4 Å². The number of amides is 5. The number of ether oxygens (including phenoxy) is 3. The van der Waals surface area contributed by atoms with Crippen LogP contribution in [-0.2, 0) is 37.3 Å². The number of carbonyl (C=O) groups excluding carboxylic acids is 5. The standard InChI is InChI=1S/2C21H17ClF3N3O2.C21H17ClF3N3O.C20H15ClF3N3O2.C19H12ClF4N3O/c2*1-3-30-14-5-8-18(26-11-14)16-10-13(4-7-17(16)22)28-20(29)15-6-9-19(21(23,24)25)27-12(15)2;1-3-13-8-9-26-18(10-13)16-11-14(4-6-17(16)22)28-20(29)15-5-7-19(21(23,24)25)27-12(15)2;1-11-14(5-8-18(26-11)20(22,23)24)19(28)27-12-3-6-16(21)15(9-12)17-7-4-13(29-2)10-25-17;1-10-13(4-7-17(26-10)19(22,23)24)18(28)27-12-3-5-15(20)14(8-12)16-6-2-11(21)9-25-16/h2*4-11H,3H2,1-2H3,(H,28,29);4-11H,3H2,1-2H3,(H,28,29);3-10H,1-2H3,(H,27,28);2-9H,1H3,(H,27,28). The Morgan fingerprint density at radius 3 is 0.733 bits per heavy atom. The predicted octanol–water partition coefficient (Wildman–Crippen LogP) is 28.4. The second-order valence-electron chi connectivity index (χ2n) is 30.9. The number of benzene rings is 5. The van der Waals surface area contributed by atoms with Crippen molar-refractivity contribution in [1.82, 2.24) is 49.8 Å². The molecule has 0 fully saturated rings. The van der Waals surface area contributed by atoms with Crippen molar-refractivity contribution in [2.24, 2.45) is 0 Å². The molecule has 756 valence electrons. The van der Waals surface area contributed by atoms with E-state index in [0.29, 0.717) is 140 Å². The summed E-state index contributed by atoms with van der Waals surface area (Å²) in [5.41, 5.74) is 3.52. The third kappa shape index (κ3) is 29.9. The molecule has 10 aromatic heterocycles. The summed E-state index contributed by atoms with van der Waals surface area (Å²) >= 11 is 31.2. The molecular formula is C102H78Cl5F16N15O8. The number of alkyl halides is 15. The Morgan fingerprint density at radius 1 is 0.288 bits per heavy atom. The lowest BCUT2D eigenvalue weighted by Gasteiger charge is -2.12. The molecule has 23 nitrogen and oxygen atoms in total. The minimum absolute atomic E-state index is 0.00408. The zero-order valence-corrected chi connectivity index (χ0v) is 81.2. The van der Waals surface area contributed by atoms with Gasteiger partial charge in [0.2, 0.25) is 0 Å². The van der Waals surface area contributed by atoms with Crippen molar-refractivity contribution in [2.75, 3.05) is 46.9 Å². The molecule has 0 unspecified atom stereocenters. The highest BCUT2D eigenvalue weighted by Crippen LogP contribution is 2.40. The van der Waals surface area contributed by atoms with Gasteiger partial charge in [-0.05, 0) is 273 Å². The number of nitrogens with one attached hydrogen (secondary N) is 5. The molecule has 44 heteroatoms. The van der Waals surface area contributed by atoms with Gasteiger partial charge in [-0.3, -0.25) is 48.9 Å². The number of hydrogen-bond donors (Lipinski definition) is 5. The van der Waals surface area contributed by atoms with Gasteiger partial charge >= 0.3 is 30.9 Å². The summed E-state index contributed by atoms with van der Waals surface area (Å²) in [5.74, 6) is -1.62. The number of rotatable bonds is 21. The number of aryl methyl sites for hydroxylation is 6. The van der Waals surface area contributed by atoms with Crippen LogP contribution in [0.3, 0.4) is 0 Å². The van der Waals surface area contributed by atoms with Crippen molar-refractivity contribution >= 4 is 116 Å². The number of aromatic nitrogens is 10. The Morgan fingerprint density at radius 2 is 0.527 bits per heavy atom. The monoisotopic (exact) mass is 2120 g/mol. The largest absolute Gasteiger partial charge is 0.495 e. The molecule has 0 aliphatic heterocycles. The molecule has 0 atom stereocenters. The van der Waals surface area contributed by atoms with Crippen molar-refractivity contribution < 1.29 is 108 Å². The Kier molecular flexibility index (Phi) is 36.8. The molecule has 0 aliphatic rings. The van der Waals surface area contributed by atoms with Crippen molar-refractivity contribution in [3.63, 3.8) is 0 Å². The summed E-state index contributed by atoms with van der Waals surface area (Å²) in [4.78, 5) is 101. The highest BCUT2D eigenvalue weighted by molar-refractivity contribution is 6.35. The number of pyridine rings is 10. The highest BCUT2D eigenvalue weighted by atomic mass is 35.5. The van der Waals surface area contributed by atoms with Crippen molar-refractivity contribution in [1.29, 1.82) is 0 Å². The van der Waals surface area contributed by atoms with E-state index in [1.807, 2.05) is 32.9 Å². The van der Waals surface area contributed by atoms with Gasteiger partial charge in [-0.15, -0.1) is 0 Å². The summed E-state index contributed by atoms with van der Waals surface area (Å²) in [6.45, 7) is 13.5. The van der Waals surface area contributed by atoms with E-state index in [9.17, 15) is 94.2 Å². The fourth-order valence-electron chi connectivity index (χ4n) is 13.4. The van der Waals surface area contributed by atoms with Gasteiger partial charge in [0.15, 0.2) is 0 Å². The Labute approximate surface area is 847 Å². The zero-order chi connectivity index (χ0) is 107. The highest BCUT2D eigenvalue weighted by Gasteiger charge is 2.38. The van der Waals surface area contributed by atoms with Crippen LogP contribution in [0.4, 0.5) is 98.7 Å². The molecule has 10 heterocycles. The first-order chi connectivity index (χ1) is 68.9. The van der Waals surface area contributed by atoms with Gasteiger partial charge in [-0.1, -0.05) is 64.9 Å². The fourth-order valence-corrected chi connectivity index (χ4v) is 14.5. The maximum Gasteiger partial charge on any atom is 0.433 e. The van der Waals surface area contributed by atoms with Gasteiger partial charge in [0.1, 0.15) is 51.5 Å². The molecule has 15 rings (SSSR count). The van der Waals surface area contributed by atoms with Crippen LogP contribution in [-0.4, -0.2) is 99.7 Å². The van der Waals surface area contributed by atoms with Gasteiger partial charge in [-0.25, -0.2) is 29.3 Å². The topological polar surface area (TPSA) is 302 Å². The smallest absolute Gasteiger partial charge is 0.433 e. The number of hydrogen-bond acceptors (Lipinski definition) is 18. The molecule has 0 saturated carbocycles. The number of anilines is 5. The van der Waals surface area contributed by atoms with Gasteiger partial charge < -0.3 is 40.8 Å². The van der Waals surface area contributed by atoms with E-state index in [-0.39, 0.29) is 56.3 Å². The first-order valence-corrected chi connectivity index (χ1v) is 44.8. The second kappa shape index (κ2) is 48.4. The van der Waals surface area contributed by atoms with Crippen molar-refractivity contribution in [2.45, 2.75) is 92.7 Å². The molecule has 0 bridgehead atoms. The zero-order valence-electron chi connectivity index (χ0n) is 77.4. The molecule has 146 heavy (non-hydrogen) atoms. The molecule has 15 aromatic rings. The summed E-state index contributed by atoms with van der Waals surface area (Å²) in [5, 5.41) is 15.3. The predicted molar refractivity (Wildman–Crippen MR) is 521 cm³/mol. The average Bonchev–Trinajstić information content (AvgIpc) is 0.815. The third-order valence-corrected chi connectivity index (χ3v) is 22.3. The molecular weight excluding hydrogens is 2040 g/mol. The number of methoxy groups -OCH3 is 1. The number of halogens is 21. The van der Waals surface area contributed by atoms with Crippen molar-refractivity contribution in [3.8, 4) is 73.5 Å². The fraction of sp³-hybridized carbons (Fsp3) is 0.167. The minimum atomic E-state index is -4.59. The minimum Gasteiger partial charge on any atom is -0.495 e. The van der Waals surface area contributed by atoms with E-state index in [4.69, 9.17) is 72.2 Å². The molecule has 0 radical (unpaired) electrons. The lowest BCUT2D eigenvalue weighted by molar-refractivity contribution is -0.142. The summed E-state index contributed by atoms with van der Waals surface area (Å²) in [6.07, 6.45) is -14.6. The quantitative estimate of drug-likeness (QED) is 0.0418. The number of nitrogens with zero attached hydrogens (tertiary/aromatic N) is 10. The molecule has 0 saturated heterocycles. The SMILES string of the molecule is CCOc1ccc(-c2cc(NC(=O)c3ccc(C(F)(F)F)nc3C)ccc2Cl)nc1.CCOc1ccc(-c2cc(NC(=O)c3ccc(C(F)(F)F)nc3C)ccc2Cl)nc1.CCc1ccnc(-c2cc(NC(=O)c3ccc(C(F)(F)F)nc3C)ccc2Cl)c1.COc1ccc(-c2cc(NC(=O)c3ccc(C(F)(F)F)nc3C)ccc2Cl)nc1.Cc1nc(C(F)(F)F)ccc1C(=O)Nc1ccc(Cl)c(-c2ccc(F)cn2)c1. The maximum atomic E-state index is 13.1. The van der Waals surface area contributed by atoms with Gasteiger partial charge in [0.05, 0.1) is 155 Å². The Hall–Kier alpha value is -15.3.